The molecule has 146 valence electrons. The summed E-state index contributed by atoms with van der Waals surface area (Å²) in [6.07, 6.45) is 3.71. The highest BCUT2D eigenvalue weighted by atomic mass is 35.5. The molecule has 5 nitrogen and oxygen atoms in total. The summed E-state index contributed by atoms with van der Waals surface area (Å²) in [7, 11) is 3.48. The van der Waals surface area contributed by atoms with Gasteiger partial charge in [-0.1, -0.05) is 17.7 Å². The molecule has 0 aliphatic carbocycles. The number of halogens is 2. The molecule has 1 aliphatic rings. The van der Waals surface area contributed by atoms with E-state index in [1.165, 1.54) is 6.07 Å². The van der Waals surface area contributed by atoms with Gasteiger partial charge in [0.15, 0.2) is 5.96 Å². The third-order valence-corrected chi connectivity index (χ3v) is 4.87. The number of hydrogen-bond acceptors (Lipinski definition) is 3. The van der Waals surface area contributed by atoms with Crippen LogP contribution in [-0.4, -0.2) is 64.0 Å². The summed E-state index contributed by atoms with van der Waals surface area (Å²) in [5.74, 6) is 0.580. The Morgan fingerprint density at radius 2 is 2.12 bits per heavy atom. The SMILES string of the molecule is CN=C(NCCc1c(F)cccc1Cl)N1CCC(OCCCOC)CC1. The first-order valence-corrected chi connectivity index (χ1v) is 9.52. The van der Waals surface area contributed by atoms with E-state index in [-0.39, 0.29) is 5.82 Å². The van der Waals surface area contributed by atoms with Crippen LogP contribution in [0.2, 0.25) is 5.02 Å². The summed E-state index contributed by atoms with van der Waals surface area (Å²) in [4.78, 5) is 6.57. The van der Waals surface area contributed by atoms with Crippen molar-refractivity contribution in [2.75, 3.05) is 47.0 Å². The number of rotatable bonds is 8. The van der Waals surface area contributed by atoms with Crippen LogP contribution in [-0.2, 0) is 15.9 Å². The minimum Gasteiger partial charge on any atom is -0.385 e. The normalized spacial score (nSPS) is 16.2. The van der Waals surface area contributed by atoms with Gasteiger partial charge in [-0.3, -0.25) is 4.99 Å². The number of piperidine rings is 1. The average molecular weight is 386 g/mol. The summed E-state index contributed by atoms with van der Waals surface area (Å²) >= 11 is 6.07. The molecule has 2 rings (SSSR count). The standard InChI is InChI=1S/C19H29ClFN3O2/c1-22-19(23-10-7-16-17(20)5-3-6-18(16)21)24-11-8-15(9-12-24)26-14-4-13-25-2/h3,5-6,15H,4,7-14H2,1-2H3,(H,22,23). The van der Waals surface area contributed by atoms with E-state index in [4.69, 9.17) is 21.1 Å². The second-order valence-electron chi connectivity index (χ2n) is 6.33. The maximum atomic E-state index is 13.8. The Kier molecular flexibility index (Phi) is 9.15. The second-order valence-corrected chi connectivity index (χ2v) is 6.73. The summed E-state index contributed by atoms with van der Waals surface area (Å²) in [6, 6.07) is 4.77. The van der Waals surface area contributed by atoms with E-state index in [9.17, 15) is 4.39 Å². The summed E-state index contributed by atoms with van der Waals surface area (Å²) < 4.78 is 24.8. The van der Waals surface area contributed by atoms with Gasteiger partial charge < -0.3 is 19.7 Å². The Morgan fingerprint density at radius 3 is 2.77 bits per heavy atom. The van der Waals surface area contributed by atoms with Crippen LogP contribution in [0.5, 0.6) is 0 Å². The molecule has 0 amide bonds. The zero-order valence-electron chi connectivity index (χ0n) is 15.6. The Labute approximate surface area is 160 Å². The number of aliphatic imine (C=N–C) groups is 1. The van der Waals surface area contributed by atoms with Gasteiger partial charge in [-0.05, 0) is 37.8 Å². The third kappa shape index (κ3) is 6.41. The third-order valence-electron chi connectivity index (χ3n) is 4.52. The number of benzene rings is 1. The molecule has 1 saturated heterocycles. The summed E-state index contributed by atoms with van der Waals surface area (Å²) in [5.41, 5.74) is 0.542. The van der Waals surface area contributed by atoms with Crippen molar-refractivity contribution in [2.24, 2.45) is 4.99 Å². The van der Waals surface area contributed by atoms with Crippen molar-refractivity contribution in [3.63, 3.8) is 0 Å². The van der Waals surface area contributed by atoms with Crippen molar-refractivity contribution < 1.29 is 13.9 Å². The van der Waals surface area contributed by atoms with Crippen LogP contribution in [0.4, 0.5) is 4.39 Å². The van der Waals surface area contributed by atoms with Crippen LogP contribution in [0.25, 0.3) is 0 Å². The zero-order chi connectivity index (χ0) is 18.8. The van der Waals surface area contributed by atoms with Crippen LogP contribution in [0, 0.1) is 5.82 Å². The average Bonchev–Trinajstić information content (AvgIpc) is 2.65. The molecule has 0 radical (unpaired) electrons. The van der Waals surface area contributed by atoms with Gasteiger partial charge in [0.2, 0.25) is 0 Å². The topological polar surface area (TPSA) is 46.1 Å². The molecule has 7 heteroatoms. The number of ether oxygens (including phenoxy) is 2. The Morgan fingerprint density at radius 1 is 1.35 bits per heavy atom. The first-order chi connectivity index (χ1) is 12.7. The quantitative estimate of drug-likeness (QED) is 0.424. The van der Waals surface area contributed by atoms with Crippen LogP contribution >= 0.6 is 11.6 Å². The first kappa shape index (κ1) is 20.9. The highest BCUT2D eigenvalue weighted by Gasteiger charge is 2.21. The van der Waals surface area contributed by atoms with Crippen molar-refractivity contribution in [2.45, 2.75) is 31.8 Å². The molecule has 1 aromatic carbocycles. The zero-order valence-corrected chi connectivity index (χ0v) is 16.4. The molecular formula is C19H29ClFN3O2. The van der Waals surface area contributed by atoms with E-state index in [1.807, 2.05) is 0 Å². The van der Waals surface area contributed by atoms with Crippen LogP contribution in [0.3, 0.4) is 0 Å². The van der Waals surface area contributed by atoms with Crippen LogP contribution in [0.1, 0.15) is 24.8 Å². The minimum absolute atomic E-state index is 0.263. The Bertz CT molecular complexity index is 558. The molecule has 0 bridgehead atoms. The number of likely N-dealkylation sites (tertiary alicyclic amines) is 1. The van der Waals surface area contributed by atoms with Gasteiger partial charge >= 0.3 is 0 Å². The lowest BCUT2D eigenvalue weighted by molar-refractivity contribution is 0.00991. The van der Waals surface area contributed by atoms with Crippen molar-refractivity contribution in [3.8, 4) is 0 Å². The predicted octanol–water partition coefficient (Wildman–Crippen LogP) is 3.11. The van der Waals surface area contributed by atoms with E-state index in [2.05, 4.69) is 15.2 Å². The number of guanidine groups is 1. The number of nitrogens with zero attached hydrogens (tertiary/aromatic N) is 2. The van der Waals surface area contributed by atoms with Gasteiger partial charge in [-0.25, -0.2) is 4.39 Å². The Balaban J connectivity index is 1.73. The van der Waals surface area contributed by atoms with Gasteiger partial charge in [0, 0.05) is 57.6 Å². The highest BCUT2D eigenvalue weighted by Crippen LogP contribution is 2.19. The van der Waals surface area contributed by atoms with Crippen molar-refractivity contribution in [1.29, 1.82) is 0 Å². The molecule has 26 heavy (non-hydrogen) atoms. The number of hydrogen-bond donors (Lipinski definition) is 1. The fourth-order valence-electron chi connectivity index (χ4n) is 3.09. The van der Waals surface area contributed by atoms with Crippen molar-refractivity contribution >= 4 is 17.6 Å². The largest absolute Gasteiger partial charge is 0.385 e. The van der Waals surface area contributed by atoms with E-state index >= 15 is 0 Å². The van der Waals surface area contributed by atoms with Gasteiger partial charge in [0.25, 0.3) is 0 Å². The van der Waals surface area contributed by atoms with Crippen molar-refractivity contribution in [1.82, 2.24) is 10.2 Å². The summed E-state index contributed by atoms with van der Waals surface area (Å²) in [6.45, 7) is 3.86. The molecule has 1 heterocycles. The summed E-state index contributed by atoms with van der Waals surface area (Å²) in [5, 5.41) is 3.78. The molecule has 1 fully saturated rings. The van der Waals surface area contributed by atoms with E-state index in [0.717, 1.165) is 51.5 Å². The van der Waals surface area contributed by atoms with Crippen LogP contribution in [0.15, 0.2) is 23.2 Å². The van der Waals surface area contributed by atoms with E-state index in [0.29, 0.717) is 29.7 Å². The lowest BCUT2D eigenvalue weighted by Gasteiger charge is -2.34. The number of nitrogens with one attached hydrogen (secondary N) is 1. The number of methoxy groups -OCH3 is 1. The first-order valence-electron chi connectivity index (χ1n) is 9.14. The van der Waals surface area contributed by atoms with Crippen molar-refractivity contribution in [3.05, 3.63) is 34.6 Å². The minimum atomic E-state index is -0.263. The van der Waals surface area contributed by atoms with Gasteiger partial charge in [0.05, 0.1) is 6.10 Å². The molecule has 0 saturated carbocycles. The predicted molar refractivity (Wildman–Crippen MR) is 104 cm³/mol. The second kappa shape index (κ2) is 11.4. The van der Waals surface area contributed by atoms with E-state index < -0.39 is 0 Å². The lowest BCUT2D eigenvalue weighted by atomic mass is 10.1. The maximum absolute atomic E-state index is 13.8. The fraction of sp³-hybridized carbons (Fsp3) is 0.632. The molecule has 1 N–H and O–H groups in total. The molecule has 0 spiro atoms. The van der Waals surface area contributed by atoms with E-state index in [1.54, 1.807) is 26.3 Å². The Hall–Kier alpha value is -1.37. The van der Waals surface area contributed by atoms with Gasteiger partial charge in [-0.15, -0.1) is 0 Å². The van der Waals surface area contributed by atoms with Gasteiger partial charge in [0.1, 0.15) is 5.82 Å². The molecular weight excluding hydrogens is 357 g/mol. The molecule has 1 aliphatic heterocycles. The highest BCUT2D eigenvalue weighted by molar-refractivity contribution is 6.31. The molecule has 1 aromatic rings. The van der Waals surface area contributed by atoms with Crippen LogP contribution < -0.4 is 5.32 Å². The maximum Gasteiger partial charge on any atom is 0.193 e. The van der Waals surface area contributed by atoms with Gasteiger partial charge in [-0.2, -0.15) is 0 Å². The molecule has 0 unspecified atom stereocenters. The lowest BCUT2D eigenvalue weighted by Crippen LogP contribution is -2.47. The monoisotopic (exact) mass is 385 g/mol. The fourth-order valence-corrected chi connectivity index (χ4v) is 3.35. The smallest absolute Gasteiger partial charge is 0.193 e. The molecule has 0 atom stereocenters. The molecule has 0 aromatic heterocycles.